The zero-order valence-corrected chi connectivity index (χ0v) is 10.7. The number of nitrogens with two attached hydrogens (primary N) is 1. The molecule has 4 nitrogen and oxygen atoms in total. The van der Waals surface area contributed by atoms with Crippen LogP contribution in [-0.2, 0) is 0 Å². The van der Waals surface area contributed by atoms with Gasteiger partial charge >= 0.3 is 0 Å². The number of nitrogen functional groups attached to an aromatic ring is 1. The van der Waals surface area contributed by atoms with Crippen LogP contribution < -0.4 is 11.1 Å². The summed E-state index contributed by atoms with van der Waals surface area (Å²) in [6.45, 7) is 4.06. The first-order valence-corrected chi connectivity index (χ1v) is 5.85. The third kappa shape index (κ3) is 2.50. The largest absolute Gasteiger partial charge is 0.399 e. The summed E-state index contributed by atoms with van der Waals surface area (Å²) in [7, 11) is 0. The van der Waals surface area contributed by atoms with E-state index in [1.54, 1.807) is 18.3 Å². The number of carbonyl (C=O) groups excluding carboxylic acids is 1. The summed E-state index contributed by atoms with van der Waals surface area (Å²) in [5.74, 6) is -0.151. The van der Waals surface area contributed by atoms with Crippen molar-refractivity contribution in [3.8, 4) is 0 Å². The molecule has 2 aromatic rings. The van der Waals surface area contributed by atoms with Crippen molar-refractivity contribution in [1.82, 2.24) is 10.3 Å². The predicted molar refractivity (Wildman–Crippen MR) is 73.1 cm³/mol. The van der Waals surface area contributed by atoms with E-state index in [9.17, 15) is 4.79 Å². The number of fused-ring (bicyclic) bond motifs is 1. The third-order valence-electron chi connectivity index (χ3n) is 2.39. The van der Waals surface area contributed by atoms with Crippen molar-refractivity contribution >= 4 is 38.4 Å². The zero-order chi connectivity index (χ0) is 12.4. The van der Waals surface area contributed by atoms with Crippen LogP contribution in [0.5, 0.6) is 0 Å². The molecule has 0 bridgehead atoms. The molecule has 1 amide bonds. The van der Waals surface area contributed by atoms with Gasteiger partial charge in [-0.25, -0.2) is 0 Å². The summed E-state index contributed by atoms with van der Waals surface area (Å²) in [6, 6.07) is 5.43. The van der Waals surface area contributed by atoms with Crippen molar-refractivity contribution in [1.29, 1.82) is 0 Å². The van der Waals surface area contributed by atoms with E-state index in [2.05, 4.69) is 32.8 Å². The third-order valence-corrected chi connectivity index (χ3v) is 2.67. The van der Waals surface area contributed by atoms with Crippen LogP contribution in [-0.4, -0.2) is 17.4 Å². The molecule has 5 heteroatoms. The van der Waals surface area contributed by atoms with E-state index in [4.69, 9.17) is 5.73 Å². The van der Waals surface area contributed by atoms with Crippen molar-refractivity contribution in [3.05, 3.63) is 41.0 Å². The van der Waals surface area contributed by atoms with Crippen molar-refractivity contribution in [2.45, 2.75) is 0 Å². The minimum absolute atomic E-state index is 0.151. The Labute approximate surface area is 107 Å². The van der Waals surface area contributed by atoms with Crippen LogP contribution >= 0.6 is 15.9 Å². The monoisotopic (exact) mass is 293 g/mol. The molecule has 0 aliphatic rings. The highest BCUT2D eigenvalue weighted by Crippen LogP contribution is 2.20. The van der Waals surface area contributed by atoms with Gasteiger partial charge in [0.25, 0.3) is 5.91 Å². The topological polar surface area (TPSA) is 70.9 Å². The normalized spacial score (nSPS) is 10.4. The number of carbonyl (C=O) groups is 1. The lowest BCUT2D eigenvalue weighted by molar-refractivity contribution is 0.0959. The van der Waals surface area contributed by atoms with Gasteiger partial charge in [0.2, 0.25) is 0 Å². The summed E-state index contributed by atoms with van der Waals surface area (Å²) in [5.41, 5.74) is 7.82. The Balaban J connectivity index is 2.32. The zero-order valence-electron chi connectivity index (χ0n) is 9.09. The predicted octanol–water partition coefficient (Wildman–Crippen LogP) is 2.39. The minimum atomic E-state index is -0.151. The van der Waals surface area contributed by atoms with E-state index >= 15 is 0 Å². The van der Waals surface area contributed by atoms with Gasteiger partial charge in [0.05, 0.1) is 5.56 Å². The van der Waals surface area contributed by atoms with E-state index in [1.807, 2.05) is 6.07 Å². The van der Waals surface area contributed by atoms with Gasteiger partial charge in [-0.15, -0.1) is 0 Å². The molecular formula is C12H12BrN3O. The number of aromatic amines is 1. The summed E-state index contributed by atoms with van der Waals surface area (Å²) in [6.07, 6.45) is 1.68. The van der Waals surface area contributed by atoms with Gasteiger partial charge < -0.3 is 16.0 Å². The molecule has 0 aliphatic carbocycles. The number of hydrogen-bond donors (Lipinski definition) is 3. The van der Waals surface area contributed by atoms with Crippen LogP contribution in [0.25, 0.3) is 10.9 Å². The van der Waals surface area contributed by atoms with E-state index in [0.717, 1.165) is 15.4 Å². The molecule has 2 rings (SSSR count). The van der Waals surface area contributed by atoms with E-state index in [0.29, 0.717) is 17.8 Å². The molecule has 0 aliphatic heterocycles. The average Bonchev–Trinajstić information content (AvgIpc) is 2.68. The van der Waals surface area contributed by atoms with Gasteiger partial charge in [-0.2, -0.15) is 0 Å². The maximum Gasteiger partial charge on any atom is 0.253 e. The number of aromatic nitrogens is 1. The molecule has 0 saturated heterocycles. The maximum absolute atomic E-state index is 11.9. The Morgan fingerprint density at radius 3 is 3.00 bits per heavy atom. The molecule has 88 valence electrons. The molecule has 17 heavy (non-hydrogen) atoms. The number of H-pyrrole nitrogens is 1. The number of anilines is 1. The summed E-state index contributed by atoms with van der Waals surface area (Å²) >= 11 is 3.19. The van der Waals surface area contributed by atoms with Crippen molar-refractivity contribution in [3.63, 3.8) is 0 Å². The SMILES string of the molecule is C=C(Br)CNC(=O)c1c[nH]c2ccc(N)cc12. The fraction of sp³-hybridized carbons (Fsp3) is 0.0833. The van der Waals surface area contributed by atoms with Gasteiger partial charge in [0, 0.05) is 33.8 Å². The molecular weight excluding hydrogens is 282 g/mol. The second kappa shape index (κ2) is 4.63. The first-order valence-electron chi connectivity index (χ1n) is 5.06. The molecule has 1 aromatic heterocycles. The van der Waals surface area contributed by atoms with Gasteiger partial charge in [-0.05, 0) is 18.2 Å². The first-order chi connectivity index (χ1) is 8.08. The summed E-state index contributed by atoms with van der Waals surface area (Å²) in [4.78, 5) is 14.9. The number of nitrogens with one attached hydrogen (secondary N) is 2. The summed E-state index contributed by atoms with van der Waals surface area (Å²) in [5, 5.41) is 3.57. The lowest BCUT2D eigenvalue weighted by Gasteiger charge is -2.02. The number of halogens is 1. The van der Waals surface area contributed by atoms with Crippen LogP contribution in [0.1, 0.15) is 10.4 Å². The van der Waals surface area contributed by atoms with Crippen LogP contribution in [0.3, 0.4) is 0 Å². The lowest BCUT2D eigenvalue weighted by atomic mass is 10.1. The number of amides is 1. The lowest BCUT2D eigenvalue weighted by Crippen LogP contribution is -2.24. The van der Waals surface area contributed by atoms with Gasteiger partial charge in [-0.1, -0.05) is 22.5 Å². The van der Waals surface area contributed by atoms with Gasteiger partial charge in [-0.3, -0.25) is 4.79 Å². The second-order valence-electron chi connectivity index (χ2n) is 3.71. The molecule has 0 atom stereocenters. The number of benzene rings is 1. The Morgan fingerprint density at radius 2 is 2.29 bits per heavy atom. The fourth-order valence-electron chi connectivity index (χ4n) is 1.60. The first kappa shape index (κ1) is 11.7. The van der Waals surface area contributed by atoms with Crippen LogP contribution in [0.2, 0.25) is 0 Å². The van der Waals surface area contributed by atoms with Crippen LogP contribution in [0.15, 0.2) is 35.5 Å². The molecule has 0 unspecified atom stereocenters. The van der Waals surface area contributed by atoms with E-state index in [-0.39, 0.29) is 5.91 Å². The molecule has 0 fully saturated rings. The Morgan fingerprint density at radius 1 is 1.53 bits per heavy atom. The Kier molecular flexibility index (Phi) is 3.19. The molecule has 0 spiro atoms. The molecule has 4 N–H and O–H groups in total. The second-order valence-corrected chi connectivity index (χ2v) is 4.83. The number of rotatable bonds is 3. The molecule has 1 aromatic carbocycles. The maximum atomic E-state index is 11.9. The van der Waals surface area contributed by atoms with Crippen molar-refractivity contribution in [2.75, 3.05) is 12.3 Å². The highest BCUT2D eigenvalue weighted by atomic mass is 79.9. The fourth-order valence-corrected chi connectivity index (χ4v) is 1.74. The number of hydrogen-bond acceptors (Lipinski definition) is 2. The smallest absolute Gasteiger partial charge is 0.253 e. The minimum Gasteiger partial charge on any atom is -0.399 e. The highest BCUT2D eigenvalue weighted by Gasteiger charge is 2.11. The van der Waals surface area contributed by atoms with Crippen LogP contribution in [0.4, 0.5) is 5.69 Å². The molecule has 0 saturated carbocycles. The van der Waals surface area contributed by atoms with Gasteiger partial charge in [0.1, 0.15) is 0 Å². The van der Waals surface area contributed by atoms with E-state index in [1.165, 1.54) is 0 Å². The van der Waals surface area contributed by atoms with Crippen LogP contribution in [0, 0.1) is 0 Å². The standard InChI is InChI=1S/C12H12BrN3O/c1-7(13)5-16-12(17)10-6-15-11-3-2-8(14)4-9(10)11/h2-4,6,15H,1,5,14H2,(H,16,17). The molecule has 1 heterocycles. The highest BCUT2D eigenvalue weighted by molar-refractivity contribution is 9.11. The van der Waals surface area contributed by atoms with E-state index < -0.39 is 0 Å². The average molecular weight is 294 g/mol. The molecule has 0 radical (unpaired) electrons. The van der Waals surface area contributed by atoms with Crippen molar-refractivity contribution in [2.24, 2.45) is 0 Å². The summed E-state index contributed by atoms with van der Waals surface area (Å²) < 4.78 is 0.727. The Bertz CT molecular complexity index is 588. The Hall–Kier alpha value is -1.75. The quantitative estimate of drug-likeness (QED) is 0.761. The van der Waals surface area contributed by atoms with Gasteiger partial charge in [0.15, 0.2) is 0 Å². The van der Waals surface area contributed by atoms with Crippen molar-refractivity contribution < 1.29 is 4.79 Å².